The van der Waals surface area contributed by atoms with Crippen LogP contribution in [0.1, 0.15) is 71.1 Å². The maximum Gasteiger partial charge on any atom is 0.303 e. The zero-order valence-corrected chi connectivity index (χ0v) is 12.9. The molecule has 2 nitrogen and oxygen atoms in total. The van der Waals surface area contributed by atoms with Gasteiger partial charge < -0.3 is 5.11 Å². The molecule has 0 saturated carbocycles. The first-order valence-electron chi connectivity index (χ1n) is 7.97. The van der Waals surface area contributed by atoms with Gasteiger partial charge in [0.2, 0.25) is 0 Å². The van der Waals surface area contributed by atoms with Crippen LogP contribution in [-0.4, -0.2) is 11.1 Å². The molecule has 0 aromatic rings. The Balaban J connectivity index is 3.25. The highest BCUT2D eigenvalue weighted by Crippen LogP contribution is 2.08. The Bertz CT molecular complexity index is 301. The lowest BCUT2D eigenvalue weighted by Gasteiger charge is -1.99. The number of hydrogen-bond acceptors (Lipinski definition) is 1. The molecule has 0 rings (SSSR count). The van der Waals surface area contributed by atoms with Crippen LogP contribution in [0.2, 0.25) is 0 Å². The van der Waals surface area contributed by atoms with E-state index in [0.717, 1.165) is 25.7 Å². The van der Waals surface area contributed by atoms with Crippen LogP contribution in [0.4, 0.5) is 0 Å². The summed E-state index contributed by atoms with van der Waals surface area (Å²) in [5, 5.41) is 8.50. The fraction of sp³-hybridized carbons (Fsp3) is 0.611. The number of carboxylic acid groups (broad SMARTS) is 1. The van der Waals surface area contributed by atoms with Gasteiger partial charge in [-0.15, -0.1) is 0 Å². The van der Waals surface area contributed by atoms with Crippen molar-refractivity contribution >= 4 is 5.97 Å². The molecule has 0 aromatic heterocycles. The number of carbonyl (C=O) groups is 1. The van der Waals surface area contributed by atoms with Crippen LogP contribution >= 0.6 is 0 Å². The Morgan fingerprint density at radius 2 is 1.35 bits per heavy atom. The van der Waals surface area contributed by atoms with Crippen molar-refractivity contribution in [1.29, 1.82) is 0 Å². The summed E-state index contributed by atoms with van der Waals surface area (Å²) in [7, 11) is 0. The van der Waals surface area contributed by atoms with Crippen molar-refractivity contribution in [1.82, 2.24) is 0 Å². The quantitative estimate of drug-likeness (QED) is 0.348. The summed E-state index contributed by atoms with van der Waals surface area (Å²) < 4.78 is 0. The number of allylic oxidation sites excluding steroid dienone is 6. The molecule has 0 aliphatic carbocycles. The van der Waals surface area contributed by atoms with Crippen molar-refractivity contribution < 1.29 is 9.90 Å². The molecule has 0 aliphatic rings. The monoisotopic (exact) mass is 278 g/mol. The van der Waals surface area contributed by atoms with Gasteiger partial charge in [0.1, 0.15) is 0 Å². The maximum absolute atomic E-state index is 10.3. The molecular weight excluding hydrogens is 248 g/mol. The largest absolute Gasteiger partial charge is 0.481 e. The summed E-state index contributed by atoms with van der Waals surface area (Å²) in [5.74, 6) is -0.673. The SMILES string of the molecule is CCC/C=C/C=C/C=C/CCCCCCCCC(=O)O. The number of aliphatic carboxylic acids is 1. The minimum absolute atomic E-state index is 0.321. The molecule has 0 unspecified atom stereocenters. The average molecular weight is 278 g/mol. The highest BCUT2D eigenvalue weighted by Gasteiger charge is 1.95. The van der Waals surface area contributed by atoms with Crippen molar-refractivity contribution in [2.75, 3.05) is 0 Å². The van der Waals surface area contributed by atoms with Crippen molar-refractivity contribution in [2.24, 2.45) is 0 Å². The van der Waals surface area contributed by atoms with Gasteiger partial charge in [-0.1, -0.05) is 75.5 Å². The molecule has 0 atom stereocenters. The third-order valence-corrected chi connectivity index (χ3v) is 3.07. The summed E-state index contributed by atoms with van der Waals surface area (Å²) in [6.07, 6.45) is 23.3. The van der Waals surface area contributed by atoms with Crippen LogP contribution in [0.5, 0.6) is 0 Å². The van der Waals surface area contributed by atoms with Crippen molar-refractivity contribution in [3.63, 3.8) is 0 Å². The lowest BCUT2D eigenvalue weighted by atomic mass is 10.1. The molecule has 0 amide bonds. The summed E-state index contributed by atoms with van der Waals surface area (Å²) in [6, 6.07) is 0. The van der Waals surface area contributed by atoms with Gasteiger partial charge in [-0.05, 0) is 25.7 Å². The Labute approximate surface area is 124 Å². The van der Waals surface area contributed by atoms with Gasteiger partial charge in [-0.3, -0.25) is 4.79 Å². The van der Waals surface area contributed by atoms with E-state index in [0.29, 0.717) is 6.42 Å². The molecule has 0 bridgehead atoms. The van der Waals surface area contributed by atoms with Crippen molar-refractivity contribution in [3.05, 3.63) is 36.5 Å². The molecule has 2 heteroatoms. The van der Waals surface area contributed by atoms with E-state index in [1.807, 2.05) is 0 Å². The first kappa shape index (κ1) is 18.7. The van der Waals surface area contributed by atoms with E-state index in [2.05, 4.69) is 43.4 Å². The van der Waals surface area contributed by atoms with Crippen molar-refractivity contribution in [2.45, 2.75) is 71.1 Å². The lowest BCUT2D eigenvalue weighted by Crippen LogP contribution is -1.93. The molecule has 1 N–H and O–H groups in total. The fourth-order valence-electron chi connectivity index (χ4n) is 1.89. The van der Waals surface area contributed by atoms with E-state index in [1.165, 1.54) is 32.1 Å². The topological polar surface area (TPSA) is 37.3 Å². The second-order valence-electron chi connectivity index (χ2n) is 5.08. The lowest BCUT2D eigenvalue weighted by molar-refractivity contribution is -0.137. The van der Waals surface area contributed by atoms with Gasteiger partial charge in [0.25, 0.3) is 0 Å². The second-order valence-corrected chi connectivity index (χ2v) is 5.08. The van der Waals surface area contributed by atoms with Crippen LogP contribution in [-0.2, 0) is 4.79 Å². The van der Waals surface area contributed by atoms with E-state index >= 15 is 0 Å². The average Bonchev–Trinajstić information content (AvgIpc) is 2.43. The Kier molecular flexibility index (Phi) is 14.7. The smallest absolute Gasteiger partial charge is 0.303 e. The molecule has 0 aromatic carbocycles. The fourth-order valence-corrected chi connectivity index (χ4v) is 1.89. The molecular formula is C18H30O2. The summed E-state index contributed by atoms with van der Waals surface area (Å²) in [5.41, 5.74) is 0. The van der Waals surface area contributed by atoms with Crippen LogP contribution in [0.3, 0.4) is 0 Å². The molecule has 0 fully saturated rings. The number of rotatable bonds is 13. The number of carboxylic acids is 1. The van der Waals surface area contributed by atoms with E-state index < -0.39 is 5.97 Å². The third-order valence-electron chi connectivity index (χ3n) is 3.07. The van der Waals surface area contributed by atoms with Gasteiger partial charge in [-0.2, -0.15) is 0 Å². The van der Waals surface area contributed by atoms with Crippen LogP contribution < -0.4 is 0 Å². The summed E-state index contributed by atoms with van der Waals surface area (Å²) in [4.78, 5) is 10.3. The Morgan fingerprint density at radius 3 is 1.95 bits per heavy atom. The van der Waals surface area contributed by atoms with Gasteiger partial charge in [0, 0.05) is 6.42 Å². The standard InChI is InChI=1S/C18H30O2/c1-2-3-4-5-6-7-8-9-10-11-12-13-14-15-16-17-18(19)20/h4-9H,2-3,10-17H2,1H3,(H,19,20)/b5-4+,7-6+,9-8+. The molecule has 20 heavy (non-hydrogen) atoms. The molecule has 0 heterocycles. The Hall–Kier alpha value is -1.31. The normalized spacial score (nSPS) is 12.1. The molecule has 114 valence electrons. The summed E-state index contributed by atoms with van der Waals surface area (Å²) in [6.45, 7) is 2.18. The summed E-state index contributed by atoms with van der Waals surface area (Å²) >= 11 is 0. The van der Waals surface area contributed by atoms with Crippen LogP contribution in [0.15, 0.2) is 36.5 Å². The first-order valence-corrected chi connectivity index (χ1v) is 7.97. The number of hydrogen-bond donors (Lipinski definition) is 1. The van der Waals surface area contributed by atoms with Gasteiger partial charge in [-0.25, -0.2) is 0 Å². The molecule has 0 spiro atoms. The van der Waals surface area contributed by atoms with Crippen LogP contribution in [0, 0.1) is 0 Å². The highest BCUT2D eigenvalue weighted by atomic mass is 16.4. The maximum atomic E-state index is 10.3. The van der Waals surface area contributed by atoms with Gasteiger partial charge in [0.15, 0.2) is 0 Å². The second kappa shape index (κ2) is 15.7. The van der Waals surface area contributed by atoms with Crippen LogP contribution in [0.25, 0.3) is 0 Å². The number of unbranched alkanes of at least 4 members (excludes halogenated alkanes) is 7. The predicted molar refractivity (Wildman–Crippen MR) is 86.9 cm³/mol. The minimum atomic E-state index is -0.673. The van der Waals surface area contributed by atoms with E-state index in [4.69, 9.17) is 5.11 Å². The zero-order chi connectivity index (χ0) is 14.9. The van der Waals surface area contributed by atoms with Gasteiger partial charge in [0.05, 0.1) is 0 Å². The van der Waals surface area contributed by atoms with E-state index in [9.17, 15) is 4.79 Å². The van der Waals surface area contributed by atoms with Gasteiger partial charge >= 0.3 is 5.97 Å². The zero-order valence-electron chi connectivity index (χ0n) is 12.9. The van der Waals surface area contributed by atoms with Crippen molar-refractivity contribution in [3.8, 4) is 0 Å². The predicted octanol–water partition coefficient (Wildman–Crippen LogP) is 5.66. The van der Waals surface area contributed by atoms with E-state index in [1.54, 1.807) is 0 Å². The molecule has 0 radical (unpaired) electrons. The minimum Gasteiger partial charge on any atom is -0.481 e. The molecule has 0 aliphatic heterocycles. The Morgan fingerprint density at radius 1 is 0.800 bits per heavy atom. The van der Waals surface area contributed by atoms with E-state index in [-0.39, 0.29) is 0 Å². The third kappa shape index (κ3) is 16.7. The highest BCUT2D eigenvalue weighted by molar-refractivity contribution is 5.66. The molecule has 0 saturated heterocycles. The first-order chi connectivity index (χ1) is 9.77.